The van der Waals surface area contributed by atoms with E-state index in [0.717, 1.165) is 0 Å². The Morgan fingerprint density at radius 2 is 2.12 bits per heavy atom. The Kier molecular flexibility index (Phi) is 2.66. The second kappa shape index (κ2) is 2.80. The Morgan fingerprint density at radius 3 is 2.25 bits per heavy atom. The summed E-state index contributed by atoms with van der Waals surface area (Å²) in [5.74, 6) is -3.46. The van der Waals surface area contributed by atoms with E-state index in [4.69, 9.17) is 0 Å². The van der Waals surface area contributed by atoms with Crippen LogP contribution in [0.4, 0.5) is 8.78 Å². The molecule has 0 aromatic rings. The maximum absolute atomic E-state index is 11.6. The first kappa shape index (κ1) is 7.60. The zero-order valence-electron chi connectivity index (χ0n) is 4.37. The van der Waals surface area contributed by atoms with E-state index in [1.807, 2.05) is 0 Å². The molecule has 0 bridgehead atoms. The van der Waals surface area contributed by atoms with Crippen molar-refractivity contribution in [3.8, 4) is 6.15 Å². The normalized spacial score (nSPS) is 10.8. The average Bonchev–Trinajstić information content (AvgIpc) is 1.67. The van der Waals surface area contributed by atoms with Gasteiger partial charge < -0.3 is 0 Å². The van der Waals surface area contributed by atoms with Crippen molar-refractivity contribution in [1.29, 1.82) is 0 Å². The summed E-state index contributed by atoms with van der Waals surface area (Å²) in [5, 5.41) is 0. The third-order valence-electron chi connectivity index (χ3n) is 0.527. The molecule has 8 heavy (non-hydrogen) atoms. The van der Waals surface area contributed by atoms with Gasteiger partial charge in [-0.1, -0.05) is 0 Å². The van der Waals surface area contributed by atoms with Gasteiger partial charge in [-0.3, -0.25) is 0 Å². The quantitative estimate of drug-likeness (QED) is 0.491. The summed E-state index contributed by atoms with van der Waals surface area (Å²) < 4.78 is 32.5. The van der Waals surface area contributed by atoms with Crippen LogP contribution in [0.5, 0.6) is 0 Å². The molecule has 0 aromatic heterocycles. The Balaban J connectivity index is 3.59. The second-order valence-electron chi connectivity index (χ2n) is 1.21. The molecule has 0 aliphatic carbocycles. The minimum absolute atomic E-state index is 0.0578. The Labute approximate surface area is 46.4 Å². The van der Waals surface area contributed by atoms with Gasteiger partial charge in [-0.15, -0.1) is 0 Å². The molecule has 0 rings (SSSR count). The van der Waals surface area contributed by atoms with Crippen LogP contribution in [-0.2, 0) is 4.65 Å². The molecule has 0 N–H and O–H groups in total. The number of hydrogen-bond donors (Lipinski definition) is 0. The number of alkyl halides is 2. The maximum atomic E-state index is 11.6. The van der Waals surface area contributed by atoms with E-state index in [2.05, 4.69) is 0 Å². The molecule has 0 saturated carbocycles. The summed E-state index contributed by atoms with van der Waals surface area (Å²) in [6, 6.07) is 0. The first-order valence-electron chi connectivity index (χ1n) is 2.14. The zero-order valence-corrected chi connectivity index (χ0v) is 4.37. The van der Waals surface area contributed by atoms with E-state index in [0.29, 0.717) is 6.15 Å². The van der Waals surface area contributed by atoms with Crippen LogP contribution in [0.15, 0.2) is 0 Å². The number of rotatable bonds is 2. The minimum atomic E-state index is -3.46. The summed E-state index contributed by atoms with van der Waals surface area (Å²) >= 11 is 0. The third kappa shape index (κ3) is 2.72. The Bertz CT molecular complexity index is 103. The third-order valence-corrected chi connectivity index (χ3v) is 0.527. The zero-order chi connectivity index (χ0) is 6.62. The van der Waals surface area contributed by atoms with Crippen LogP contribution in [0, 0.1) is 12.6 Å². The Morgan fingerprint density at radius 1 is 1.62 bits per heavy atom. The Hall–Kier alpha value is -0.400. The van der Waals surface area contributed by atoms with Crippen LogP contribution in [0.25, 0.3) is 0 Å². The summed E-state index contributed by atoms with van der Waals surface area (Å²) in [6.07, 6.45) is 2.22. The first-order chi connectivity index (χ1) is 3.62. The molecule has 3 heteroatoms. The molecular formula is C5H5F2O+. The molecule has 0 atom stereocenters. The number of halogens is 2. The standard InChI is InChI=1S/C5H5F2O/c1-2-3-5(6,7)4-8/h2H2,1H3/q+1. The van der Waals surface area contributed by atoms with Gasteiger partial charge in [0.25, 0.3) is 0 Å². The van der Waals surface area contributed by atoms with Gasteiger partial charge in [-0.25, -0.2) is 0 Å². The van der Waals surface area contributed by atoms with E-state index in [9.17, 15) is 13.4 Å². The molecule has 0 amide bonds. The van der Waals surface area contributed by atoms with Crippen molar-refractivity contribution in [3.63, 3.8) is 0 Å². The monoisotopic (exact) mass is 119 g/mol. The number of hydrogen-bond acceptors (Lipinski definition) is 0. The van der Waals surface area contributed by atoms with Gasteiger partial charge in [0.05, 0.1) is 0 Å². The van der Waals surface area contributed by atoms with Gasteiger partial charge in [0.15, 0.2) is 0 Å². The van der Waals surface area contributed by atoms with Crippen LogP contribution in [-0.4, -0.2) is 5.92 Å². The molecule has 0 unspecified atom stereocenters. The predicted octanol–water partition coefficient (Wildman–Crippen LogP) is 1.50. The van der Waals surface area contributed by atoms with E-state index < -0.39 is 5.92 Å². The van der Waals surface area contributed by atoms with Gasteiger partial charge in [0, 0.05) is 0 Å². The van der Waals surface area contributed by atoms with Crippen LogP contribution in [0.2, 0.25) is 0 Å². The second-order valence-corrected chi connectivity index (χ2v) is 1.21. The van der Waals surface area contributed by atoms with Crippen molar-refractivity contribution < 1.29 is 13.4 Å². The van der Waals surface area contributed by atoms with E-state index in [1.54, 1.807) is 6.42 Å². The van der Waals surface area contributed by atoms with E-state index >= 15 is 0 Å². The summed E-state index contributed by atoms with van der Waals surface area (Å²) in [7, 11) is 0. The summed E-state index contributed by atoms with van der Waals surface area (Å²) in [6.45, 7) is 1.48. The van der Waals surface area contributed by atoms with Gasteiger partial charge >= 0.3 is 45.3 Å². The molecule has 0 aliphatic heterocycles. The van der Waals surface area contributed by atoms with E-state index in [1.165, 1.54) is 6.92 Å². The van der Waals surface area contributed by atoms with Crippen LogP contribution in [0.1, 0.15) is 13.3 Å². The van der Waals surface area contributed by atoms with Crippen molar-refractivity contribution in [2.45, 2.75) is 19.3 Å². The van der Waals surface area contributed by atoms with Crippen molar-refractivity contribution in [2.24, 2.45) is 0 Å². The molecule has 0 saturated heterocycles. The van der Waals surface area contributed by atoms with Gasteiger partial charge in [-0.05, 0) is 0 Å². The molecule has 0 heterocycles. The van der Waals surface area contributed by atoms with Crippen molar-refractivity contribution in [3.05, 3.63) is 6.42 Å². The molecule has 2 radical (unpaired) electrons. The molecule has 0 aromatic carbocycles. The summed E-state index contributed by atoms with van der Waals surface area (Å²) in [5.41, 5.74) is 0. The fraction of sp³-hybridized carbons (Fsp3) is 0.600. The topological polar surface area (TPSA) is 19.9 Å². The molecular weight excluding hydrogens is 114 g/mol. The van der Waals surface area contributed by atoms with Crippen LogP contribution >= 0.6 is 0 Å². The predicted molar refractivity (Wildman–Crippen MR) is 23.1 cm³/mol. The first-order valence-corrected chi connectivity index (χ1v) is 2.14. The van der Waals surface area contributed by atoms with Gasteiger partial charge in [0.1, 0.15) is 0 Å². The fourth-order valence-electron chi connectivity index (χ4n) is 0.258. The SMILES string of the molecule is CC[C]C(F)(F)C#[O+]. The van der Waals surface area contributed by atoms with Gasteiger partial charge in [-0.2, -0.15) is 0 Å². The van der Waals surface area contributed by atoms with Crippen LogP contribution in [0.3, 0.4) is 0 Å². The van der Waals surface area contributed by atoms with Gasteiger partial charge in [0.2, 0.25) is 0 Å². The molecule has 0 fully saturated rings. The van der Waals surface area contributed by atoms with Crippen molar-refractivity contribution in [1.82, 2.24) is 0 Å². The molecule has 0 aliphatic rings. The van der Waals surface area contributed by atoms with Crippen LogP contribution < -0.4 is 0 Å². The van der Waals surface area contributed by atoms with Crippen molar-refractivity contribution >= 4 is 0 Å². The fourth-order valence-corrected chi connectivity index (χ4v) is 0.258. The molecule has 1 nitrogen and oxygen atoms in total. The molecule has 0 spiro atoms. The summed E-state index contributed by atoms with van der Waals surface area (Å²) in [4.78, 5) is 0. The van der Waals surface area contributed by atoms with E-state index in [-0.39, 0.29) is 6.42 Å². The molecule has 44 valence electrons. The van der Waals surface area contributed by atoms with Crippen molar-refractivity contribution in [2.75, 3.05) is 0 Å². The average molecular weight is 119 g/mol.